The van der Waals surface area contributed by atoms with E-state index >= 15 is 0 Å². The number of carbonyl (C=O) groups excluding carboxylic acids is 1. The molecule has 0 saturated heterocycles. The lowest BCUT2D eigenvalue weighted by atomic mass is 10.1. The molecule has 0 aliphatic heterocycles. The van der Waals surface area contributed by atoms with Crippen molar-refractivity contribution in [3.05, 3.63) is 35.5 Å². The van der Waals surface area contributed by atoms with E-state index in [1.54, 1.807) is 0 Å². The van der Waals surface area contributed by atoms with Crippen molar-refractivity contribution in [3.8, 4) is 0 Å². The number of nitrogens with two attached hydrogens (primary N) is 1. The van der Waals surface area contributed by atoms with E-state index in [9.17, 15) is 4.79 Å². The molecule has 0 bridgehead atoms. The summed E-state index contributed by atoms with van der Waals surface area (Å²) in [6.07, 6.45) is 4.11. The van der Waals surface area contributed by atoms with Crippen LogP contribution in [-0.2, 0) is 11.2 Å². The number of aromatic amines is 1. The maximum Gasteiger partial charge on any atom is 0.220 e. The summed E-state index contributed by atoms with van der Waals surface area (Å²) >= 11 is 0. The molecule has 1 unspecified atom stereocenters. The normalized spacial score (nSPS) is 12.0. The number of aryl methyl sites for hydroxylation is 1. The van der Waals surface area contributed by atoms with E-state index in [1.165, 1.54) is 22.0 Å². The third-order valence-electron chi connectivity index (χ3n) is 3.55. The first-order valence-electron chi connectivity index (χ1n) is 7.16. The molecule has 4 nitrogen and oxygen atoms in total. The van der Waals surface area contributed by atoms with Gasteiger partial charge in [-0.25, -0.2) is 0 Å². The van der Waals surface area contributed by atoms with E-state index in [0.29, 0.717) is 13.0 Å². The van der Waals surface area contributed by atoms with E-state index in [-0.39, 0.29) is 24.4 Å². The first-order valence-corrected chi connectivity index (χ1v) is 7.16. The van der Waals surface area contributed by atoms with Crippen LogP contribution in [0.5, 0.6) is 0 Å². The lowest BCUT2D eigenvalue weighted by molar-refractivity contribution is -0.121. The third-order valence-corrected chi connectivity index (χ3v) is 3.55. The van der Waals surface area contributed by atoms with Gasteiger partial charge in [-0.2, -0.15) is 0 Å². The van der Waals surface area contributed by atoms with E-state index in [2.05, 4.69) is 35.4 Å². The highest BCUT2D eigenvalue weighted by molar-refractivity contribution is 5.86. The number of halogens is 1. The summed E-state index contributed by atoms with van der Waals surface area (Å²) < 4.78 is 0. The predicted octanol–water partition coefficient (Wildman–Crippen LogP) is 2.68. The van der Waals surface area contributed by atoms with Crippen molar-refractivity contribution in [2.45, 2.75) is 39.2 Å². The molecule has 1 atom stereocenters. The van der Waals surface area contributed by atoms with Crippen LogP contribution in [0.15, 0.2) is 24.4 Å². The number of hydrogen-bond acceptors (Lipinski definition) is 2. The zero-order valence-corrected chi connectivity index (χ0v) is 13.4. The first kappa shape index (κ1) is 17.5. The van der Waals surface area contributed by atoms with Gasteiger partial charge in [0.25, 0.3) is 0 Å². The van der Waals surface area contributed by atoms with Gasteiger partial charge >= 0.3 is 0 Å². The van der Waals surface area contributed by atoms with Gasteiger partial charge in [-0.05, 0) is 37.8 Å². The van der Waals surface area contributed by atoms with Crippen molar-refractivity contribution >= 4 is 29.2 Å². The highest BCUT2D eigenvalue weighted by atomic mass is 35.5. The minimum atomic E-state index is 0. The molecule has 21 heavy (non-hydrogen) atoms. The van der Waals surface area contributed by atoms with Crippen LogP contribution in [0.4, 0.5) is 0 Å². The van der Waals surface area contributed by atoms with Crippen LogP contribution in [0, 0.1) is 6.92 Å². The fourth-order valence-corrected chi connectivity index (χ4v) is 2.35. The van der Waals surface area contributed by atoms with Gasteiger partial charge in [0, 0.05) is 36.1 Å². The minimum absolute atomic E-state index is 0. The Hall–Kier alpha value is -1.52. The van der Waals surface area contributed by atoms with Gasteiger partial charge in [-0.1, -0.05) is 18.2 Å². The second-order valence-corrected chi connectivity index (χ2v) is 5.43. The summed E-state index contributed by atoms with van der Waals surface area (Å²) in [5.74, 6) is 0.0818. The van der Waals surface area contributed by atoms with Crippen molar-refractivity contribution in [1.82, 2.24) is 10.3 Å². The maximum atomic E-state index is 11.6. The molecule has 0 saturated carbocycles. The average molecular weight is 310 g/mol. The van der Waals surface area contributed by atoms with E-state index < -0.39 is 0 Å². The number of hydrogen-bond donors (Lipinski definition) is 3. The Kier molecular flexibility index (Phi) is 6.72. The maximum absolute atomic E-state index is 11.6. The summed E-state index contributed by atoms with van der Waals surface area (Å²) in [4.78, 5) is 14.9. The number of aromatic nitrogens is 1. The summed E-state index contributed by atoms with van der Waals surface area (Å²) in [7, 11) is 0. The second-order valence-electron chi connectivity index (χ2n) is 5.43. The average Bonchev–Trinajstić information content (AvgIpc) is 2.81. The van der Waals surface area contributed by atoms with Crippen molar-refractivity contribution in [3.63, 3.8) is 0 Å². The molecule has 1 aromatic heterocycles. The topological polar surface area (TPSA) is 70.9 Å². The minimum Gasteiger partial charge on any atom is -0.361 e. The molecule has 2 rings (SSSR count). The number of benzene rings is 1. The highest BCUT2D eigenvalue weighted by Gasteiger charge is 2.06. The Labute approximate surface area is 131 Å². The number of fused-ring (bicyclic) bond motifs is 1. The van der Waals surface area contributed by atoms with Crippen molar-refractivity contribution in [2.75, 3.05) is 6.54 Å². The number of nitrogens with one attached hydrogen (secondary N) is 2. The Morgan fingerprint density at radius 2 is 2.19 bits per heavy atom. The molecular formula is C16H24ClN3O. The van der Waals surface area contributed by atoms with Gasteiger partial charge in [0.1, 0.15) is 0 Å². The van der Waals surface area contributed by atoms with Gasteiger partial charge in [0.15, 0.2) is 0 Å². The lowest BCUT2D eigenvalue weighted by Gasteiger charge is -2.06. The first-order chi connectivity index (χ1) is 9.58. The fraction of sp³-hybridized carbons (Fsp3) is 0.438. The van der Waals surface area contributed by atoms with Crippen molar-refractivity contribution in [2.24, 2.45) is 5.73 Å². The smallest absolute Gasteiger partial charge is 0.220 e. The highest BCUT2D eigenvalue weighted by Crippen LogP contribution is 2.21. The van der Waals surface area contributed by atoms with Crippen LogP contribution in [0.3, 0.4) is 0 Å². The van der Waals surface area contributed by atoms with Crippen LogP contribution in [0.25, 0.3) is 10.9 Å². The molecule has 1 aromatic carbocycles. The molecule has 1 amide bonds. The Bertz CT molecular complexity index is 592. The van der Waals surface area contributed by atoms with E-state index in [4.69, 9.17) is 5.73 Å². The van der Waals surface area contributed by atoms with Crippen LogP contribution in [0.1, 0.15) is 30.9 Å². The predicted molar refractivity (Wildman–Crippen MR) is 89.9 cm³/mol. The zero-order chi connectivity index (χ0) is 14.5. The zero-order valence-electron chi connectivity index (χ0n) is 12.6. The molecule has 5 heteroatoms. The van der Waals surface area contributed by atoms with Gasteiger partial charge in [0.2, 0.25) is 5.91 Å². The van der Waals surface area contributed by atoms with Gasteiger partial charge in [-0.15, -0.1) is 12.4 Å². The SMILES string of the molecule is Cc1cccc2c(CCNC(=O)CCC(C)N)c[nH]c12.Cl. The molecule has 0 fully saturated rings. The number of carbonyl (C=O) groups is 1. The molecule has 116 valence electrons. The molecule has 0 radical (unpaired) electrons. The number of amides is 1. The molecule has 4 N–H and O–H groups in total. The Morgan fingerprint density at radius 1 is 1.43 bits per heavy atom. The second kappa shape index (κ2) is 8.05. The molecule has 1 heterocycles. The quantitative estimate of drug-likeness (QED) is 0.767. The Morgan fingerprint density at radius 3 is 2.90 bits per heavy atom. The van der Waals surface area contributed by atoms with E-state index in [1.807, 2.05) is 13.1 Å². The lowest BCUT2D eigenvalue weighted by Crippen LogP contribution is -2.27. The van der Waals surface area contributed by atoms with Crippen molar-refractivity contribution in [1.29, 1.82) is 0 Å². The summed E-state index contributed by atoms with van der Waals surface area (Å²) in [5.41, 5.74) is 9.32. The standard InChI is InChI=1S/C16H23N3O.ClH/c1-11-4-3-5-14-13(10-19-16(11)14)8-9-18-15(20)7-6-12(2)17;/h3-5,10,12,19H,6-9,17H2,1-2H3,(H,18,20);1H. The van der Waals surface area contributed by atoms with Crippen LogP contribution in [-0.4, -0.2) is 23.5 Å². The van der Waals surface area contributed by atoms with E-state index in [0.717, 1.165) is 12.8 Å². The number of para-hydroxylation sites is 1. The molecular weight excluding hydrogens is 286 g/mol. The fourth-order valence-electron chi connectivity index (χ4n) is 2.35. The molecule has 0 aliphatic rings. The third kappa shape index (κ3) is 4.76. The van der Waals surface area contributed by atoms with Gasteiger partial charge in [-0.3, -0.25) is 4.79 Å². The van der Waals surface area contributed by atoms with Gasteiger partial charge < -0.3 is 16.0 Å². The largest absolute Gasteiger partial charge is 0.361 e. The van der Waals surface area contributed by atoms with Crippen LogP contribution < -0.4 is 11.1 Å². The number of rotatable bonds is 6. The molecule has 0 aliphatic carbocycles. The molecule has 2 aromatic rings. The summed E-state index contributed by atoms with van der Waals surface area (Å²) in [5, 5.41) is 4.19. The monoisotopic (exact) mass is 309 g/mol. The Balaban J connectivity index is 0.00000220. The van der Waals surface area contributed by atoms with Crippen LogP contribution in [0.2, 0.25) is 0 Å². The van der Waals surface area contributed by atoms with Gasteiger partial charge in [0.05, 0.1) is 0 Å². The number of H-pyrrole nitrogens is 1. The molecule has 0 spiro atoms. The summed E-state index contributed by atoms with van der Waals surface area (Å²) in [6, 6.07) is 6.36. The van der Waals surface area contributed by atoms with Crippen LogP contribution >= 0.6 is 12.4 Å². The summed E-state index contributed by atoms with van der Waals surface area (Å²) in [6.45, 7) is 4.68. The van der Waals surface area contributed by atoms with Crippen molar-refractivity contribution < 1.29 is 4.79 Å².